The van der Waals surface area contributed by atoms with Gasteiger partial charge in [-0.05, 0) is 37.1 Å². The number of carbonyl (C=O) groups is 2. The largest absolute Gasteiger partial charge is 0.503 e. The van der Waals surface area contributed by atoms with Crippen molar-refractivity contribution in [1.29, 1.82) is 0 Å². The van der Waals surface area contributed by atoms with Gasteiger partial charge in [-0.15, -0.1) is 21.5 Å². The average molecular weight is 590 g/mol. The molecule has 0 aliphatic carbocycles. The number of halogens is 2. The van der Waals surface area contributed by atoms with Gasteiger partial charge in [-0.3, -0.25) is 14.5 Å². The zero-order valence-corrected chi connectivity index (χ0v) is 23.4. The van der Waals surface area contributed by atoms with Gasteiger partial charge < -0.3 is 5.11 Å². The third kappa shape index (κ3) is 5.04. The number of hydrogen-bond donors (Lipinski definition) is 1. The van der Waals surface area contributed by atoms with Crippen molar-refractivity contribution in [2.45, 2.75) is 30.0 Å². The van der Waals surface area contributed by atoms with Crippen LogP contribution < -0.4 is 4.90 Å². The number of benzene rings is 2. The van der Waals surface area contributed by atoms with E-state index in [9.17, 15) is 14.7 Å². The third-order valence-corrected chi connectivity index (χ3v) is 9.39. The first kappa shape index (κ1) is 25.9. The summed E-state index contributed by atoms with van der Waals surface area (Å²) in [6, 6.07) is 13.7. The summed E-state index contributed by atoms with van der Waals surface area (Å²) >= 11 is 16.5. The van der Waals surface area contributed by atoms with Gasteiger partial charge in [0.2, 0.25) is 10.9 Å². The number of amides is 1. The molecule has 1 unspecified atom stereocenters. The number of rotatable bonds is 7. The quantitative estimate of drug-likeness (QED) is 0.141. The maximum Gasteiger partial charge on any atom is 0.296 e. The zero-order chi connectivity index (χ0) is 26.3. The van der Waals surface area contributed by atoms with E-state index in [2.05, 4.69) is 15.2 Å². The maximum atomic E-state index is 13.7. The van der Waals surface area contributed by atoms with E-state index in [-0.39, 0.29) is 15.7 Å². The number of thioether (sulfide) groups is 1. The molecule has 5 rings (SSSR count). The molecule has 0 radical (unpaired) electrons. The standard InChI is InChI=1S/C25H18Cl2N4O3S3/c1-12-22(36-13(2)28-12)20(32)18-19(16-9-8-15(26)10-17(16)27)31(23(34)21(18)33)24-29-30-25(37-24)35-11-14-6-4-3-5-7-14/h3-10,19,33H,11H2,1-2H3. The van der Waals surface area contributed by atoms with Gasteiger partial charge in [-0.25, -0.2) is 4.98 Å². The van der Waals surface area contributed by atoms with Crippen LogP contribution in [-0.2, 0) is 10.5 Å². The number of carbonyl (C=O) groups excluding carboxylic acids is 2. The molecule has 0 saturated heterocycles. The van der Waals surface area contributed by atoms with Crippen LogP contribution in [0.2, 0.25) is 10.0 Å². The zero-order valence-electron chi connectivity index (χ0n) is 19.4. The Morgan fingerprint density at radius 1 is 1.11 bits per heavy atom. The maximum absolute atomic E-state index is 13.7. The fourth-order valence-electron chi connectivity index (χ4n) is 3.99. The summed E-state index contributed by atoms with van der Waals surface area (Å²) in [6.45, 7) is 3.51. The smallest absolute Gasteiger partial charge is 0.296 e. The van der Waals surface area contributed by atoms with E-state index < -0.39 is 23.5 Å². The number of anilines is 1. The predicted octanol–water partition coefficient (Wildman–Crippen LogP) is 6.99. The number of ketones is 1. The average Bonchev–Trinajstić information content (AvgIpc) is 3.54. The summed E-state index contributed by atoms with van der Waals surface area (Å²) < 4.78 is 0.640. The number of aromatic nitrogens is 3. The number of aryl methyl sites for hydroxylation is 2. The van der Waals surface area contributed by atoms with Crippen LogP contribution in [-0.4, -0.2) is 32.0 Å². The second-order valence-electron chi connectivity index (χ2n) is 8.11. The molecule has 2 aromatic heterocycles. The van der Waals surface area contributed by atoms with E-state index in [4.69, 9.17) is 23.2 Å². The van der Waals surface area contributed by atoms with E-state index in [0.29, 0.717) is 36.3 Å². The van der Waals surface area contributed by atoms with Crippen LogP contribution >= 0.6 is 57.6 Å². The third-order valence-electron chi connectivity index (χ3n) is 5.63. The Bertz CT molecular complexity index is 1550. The monoisotopic (exact) mass is 588 g/mol. The van der Waals surface area contributed by atoms with Gasteiger partial charge in [0.15, 0.2) is 10.1 Å². The molecule has 188 valence electrons. The van der Waals surface area contributed by atoms with E-state index in [0.717, 1.165) is 5.56 Å². The van der Waals surface area contributed by atoms with E-state index >= 15 is 0 Å². The van der Waals surface area contributed by atoms with Crippen molar-refractivity contribution in [3.63, 3.8) is 0 Å². The highest BCUT2D eigenvalue weighted by Crippen LogP contribution is 2.46. The molecular formula is C25H18Cl2N4O3S3. The SMILES string of the molecule is Cc1nc(C)c(C(=O)C2=C(O)C(=O)N(c3nnc(SCc4ccccc4)s3)C2c2ccc(Cl)cc2Cl)s1. The Balaban J connectivity index is 1.55. The number of Topliss-reactive ketones (excluding diaryl/α,β-unsaturated/α-hetero) is 1. The van der Waals surface area contributed by atoms with Crippen molar-refractivity contribution < 1.29 is 14.7 Å². The molecule has 4 aromatic rings. The van der Waals surface area contributed by atoms with E-state index in [1.807, 2.05) is 30.3 Å². The molecule has 0 spiro atoms. The van der Waals surface area contributed by atoms with E-state index in [1.165, 1.54) is 45.4 Å². The predicted molar refractivity (Wildman–Crippen MR) is 148 cm³/mol. The lowest BCUT2D eigenvalue weighted by atomic mass is 9.95. The van der Waals surface area contributed by atoms with Crippen LogP contribution in [0.25, 0.3) is 0 Å². The highest BCUT2D eigenvalue weighted by molar-refractivity contribution is 8.00. The van der Waals surface area contributed by atoms with Gasteiger partial charge in [-0.2, -0.15) is 0 Å². The molecule has 0 saturated carbocycles. The van der Waals surface area contributed by atoms with Crippen molar-refractivity contribution >= 4 is 74.5 Å². The highest BCUT2D eigenvalue weighted by Gasteiger charge is 2.47. The second-order valence-corrected chi connectivity index (χ2v) is 12.3. The molecule has 1 N–H and O–H groups in total. The fourth-order valence-corrected chi connectivity index (χ4v) is 7.20. The molecule has 1 atom stereocenters. The molecule has 1 aliphatic heterocycles. The van der Waals surface area contributed by atoms with Crippen molar-refractivity contribution in [2.24, 2.45) is 0 Å². The first-order valence-electron chi connectivity index (χ1n) is 10.9. The van der Waals surface area contributed by atoms with Gasteiger partial charge in [0.05, 0.1) is 27.2 Å². The number of hydrogen-bond acceptors (Lipinski definition) is 9. The highest BCUT2D eigenvalue weighted by atomic mass is 35.5. The van der Waals surface area contributed by atoms with Gasteiger partial charge >= 0.3 is 0 Å². The Morgan fingerprint density at radius 3 is 2.54 bits per heavy atom. The summed E-state index contributed by atoms with van der Waals surface area (Å²) in [5, 5.41) is 21.0. The molecule has 0 bridgehead atoms. The molecule has 1 amide bonds. The minimum Gasteiger partial charge on any atom is -0.503 e. The Kier molecular flexibility index (Phi) is 7.37. The van der Waals surface area contributed by atoms with Crippen LogP contribution in [0, 0.1) is 13.8 Å². The fraction of sp³-hybridized carbons (Fsp3) is 0.160. The summed E-state index contributed by atoms with van der Waals surface area (Å²) in [6.07, 6.45) is 0. The molecule has 1 aliphatic rings. The minimum absolute atomic E-state index is 0.0883. The van der Waals surface area contributed by atoms with E-state index in [1.54, 1.807) is 26.0 Å². The Hall–Kier alpha value is -2.76. The number of aliphatic hydroxyl groups is 1. The summed E-state index contributed by atoms with van der Waals surface area (Å²) in [7, 11) is 0. The first-order chi connectivity index (χ1) is 17.7. The summed E-state index contributed by atoms with van der Waals surface area (Å²) in [5.41, 5.74) is 1.99. The molecule has 2 aromatic carbocycles. The van der Waals surface area contributed by atoms with Crippen molar-refractivity contribution in [1.82, 2.24) is 15.2 Å². The summed E-state index contributed by atoms with van der Waals surface area (Å²) in [5.74, 6) is -1.22. The van der Waals surface area contributed by atoms with Gasteiger partial charge in [0, 0.05) is 15.8 Å². The van der Waals surface area contributed by atoms with Crippen LogP contribution in [0.3, 0.4) is 0 Å². The molecule has 37 heavy (non-hydrogen) atoms. The number of aliphatic hydroxyl groups excluding tert-OH is 1. The Labute approximate surface area is 234 Å². The van der Waals surface area contributed by atoms with Crippen molar-refractivity contribution in [3.8, 4) is 0 Å². The van der Waals surface area contributed by atoms with Gasteiger partial charge in [0.25, 0.3) is 5.91 Å². The van der Waals surface area contributed by atoms with Crippen LogP contribution in [0.4, 0.5) is 5.13 Å². The van der Waals surface area contributed by atoms with Crippen molar-refractivity contribution in [2.75, 3.05) is 4.90 Å². The molecule has 12 heteroatoms. The molecule has 3 heterocycles. The lowest BCUT2D eigenvalue weighted by molar-refractivity contribution is -0.117. The first-order valence-corrected chi connectivity index (χ1v) is 14.3. The second kappa shape index (κ2) is 10.5. The minimum atomic E-state index is -1.02. The topological polar surface area (TPSA) is 96.3 Å². The lowest BCUT2D eigenvalue weighted by Crippen LogP contribution is -2.31. The molecule has 0 fully saturated rings. The van der Waals surface area contributed by atoms with Crippen LogP contribution in [0.1, 0.15) is 37.5 Å². The van der Waals surface area contributed by atoms with Crippen LogP contribution in [0.5, 0.6) is 0 Å². The van der Waals surface area contributed by atoms with Gasteiger partial charge in [0.1, 0.15) is 0 Å². The number of thiazole rings is 1. The normalized spacial score (nSPS) is 15.6. The van der Waals surface area contributed by atoms with Crippen molar-refractivity contribution in [3.05, 3.63) is 96.6 Å². The lowest BCUT2D eigenvalue weighted by Gasteiger charge is -2.24. The molecular weight excluding hydrogens is 571 g/mol. The number of nitrogens with zero attached hydrogens (tertiary/aromatic N) is 4. The summed E-state index contributed by atoms with van der Waals surface area (Å²) in [4.78, 5) is 33.1. The Morgan fingerprint density at radius 2 is 1.86 bits per heavy atom. The van der Waals surface area contributed by atoms with Gasteiger partial charge in [-0.1, -0.05) is 82.7 Å². The van der Waals surface area contributed by atoms with Crippen LogP contribution in [0.15, 0.2) is 64.2 Å². The molecule has 7 nitrogen and oxygen atoms in total.